The van der Waals surface area contributed by atoms with E-state index in [0.29, 0.717) is 10.7 Å². The Balaban J connectivity index is 1.62. The number of nitrogens with zero attached hydrogens (tertiary/aromatic N) is 1. The lowest BCUT2D eigenvalue weighted by Crippen LogP contribution is -2.35. The molecule has 0 saturated carbocycles. The number of halogens is 1. The summed E-state index contributed by atoms with van der Waals surface area (Å²) in [5.41, 5.74) is 3.70. The lowest BCUT2D eigenvalue weighted by molar-refractivity contribution is -0.111. The molecule has 0 unspecified atom stereocenters. The van der Waals surface area contributed by atoms with E-state index in [4.69, 9.17) is 16.3 Å². The number of carbonyl (C=O) groups excluding carboxylic acids is 1. The van der Waals surface area contributed by atoms with Crippen LogP contribution >= 0.6 is 11.6 Å². The van der Waals surface area contributed by atoms with Crippen LogP contribution in [0, 0.1) is 0 Å². The Bertz CT molecular complexity index is 784. The quantitative estimate of drug-likeness (QED) is 0.801. The number of allylic oxidation sites excluding steroid dienone is 1. The number of hydrogen-bond donors (Lipinski definition) is 1. The summed E-state index contributed by atoms with van der Waals surface area (Å²) in [4.78, 5) is 14.6. The van der Waals surface area contributed by atoms with Gasteiger partial charge >= 0.3 is 0 Å². The molecule has 0 radical (unpaired) electrons. The molecule has 1 aliphatic rings. The fourth-order valence-corrected chi connectivity index (χ4v) is 3.15. The molecule has 0 aliphatic carbocycles. The molecule has 1 amide bonds. The first-order valence-electron chi connectivity index (χ1n) is 8.75. The van der Waals surface area contributed by atoms with Crippen molar-refractivity contribution in [2.45, 2.75) is 13.5 Å². The minimum absolute atomic E-state index is 0.164. The molecule has 0 atom stereocenters. The summed E-state index contributed by atoms with van der Waals surface area (Å²) in [6.45, 7) is 6.07. The second-order valence-electron chi connectivity index (χ2n) is 6.38. The SMILES string of the molecule is C/C(=C\C(=O)Nc1ccc(CN2CCOCC2)c(Cl)c1)c1ccccc1. The predicted molar refractivity (Wildman–Crippen MR) is 106 cm³/mol. The molecule has 5 heteroatoms. The van der Waals surface area contributed by atoms with E-state index >= 15 is 0 Å². The molecule has 4 nitrogen and oxygen atoms in total. The number of hydrogen-bond acceptors (Lipinski definition) is 3. The van der Waals surface area contributed by atoms with Crippen LogP contribution in [-0.4, -0.2) is 37.1 Å². The molecule has 1 saturated heterocycles. The number of rotatable bonds is 5. The maximum atomic E-state index is 12.3. The van der Waals surface area contributed by atoms with E-state index in [0.717, 1.165) is 49.5 Å². The minimum Gasteiger partial charge on any atom is -0.379 e. The maximum Gasteiger partial charge on any atom is 0.248 e. The van der Waals surface area contributed by atoms with Crippen molar-refractivity contribution >= 4 is 28.8 Å². The molecule has 0 bridgehead atoms. The van der Waals surface area contributed by atoms with Crippen LogP contribution in [0.2, 0.25) is 5.02 Å². The van der Waals surface area contributed by atoms with Crippen LogP contribution in [0.25, 0.3) is 5.57 Å². The molecule has 1 N–H and O–H groups in total. The van der Waals surface area contributed by atoms with Gasteiger partial charge in [-0.25, -0.2) is 0 Å². The molecule has 3 rings (SSSR count). The number of nitrogens with one attached hydrogen (secondary N) is 1. The van der Waals surface area contributed by atoms with Crippen molar-refractivity contribution in [1.82, 2.24) is 4.90 Å². The number of morpholine rings is 1. The van der Waals surface area contributed by atoms with Crippen LogP contribution in [0.4, 0.5) is 5.69 Å². The first kappa shape index (κ1) is 18.6. The molecular weight excluding hydrogens is 348 g/mol. The van der Waals surface area contributed by atoms with Gasteiger partial charge in [-0.1, -0.05) is 48.0 Å². The summed E-state index contributed by atoms with van der Waals surface area (Å²) in [6.07, 6.45) is 1.60. The minimum atomic E-state index is -0.164. The molecule has 2 aromatic rings. The van der Waals surface area contributed by atoms with Crippen molar-refractivity contribution in [3.63, 3.8) is 0 Å². The monoisotopic (exact) mass is 370 g/mol. The van der Waals surface area contributed by atoms with Gasteiger partial charge < -0.3 is 10.1 Å². The topological polar surface area (TPSA) is 41.6 Å². The molecule has 1 fully saturated rings. The smallest absolute Gasteiger partial charge is 0.248 e. The van der Waals surface area contributed by atoms with Crippen LogP contribution in [0.5, 0.6) is 0 Å². The average Bonchev–Trinajstić information content (AvgIpc) is 2.65. The van der Waals surface area contributed by atoms with Crippen LogP contribution in [-0.2, 0) is 16.1 Å². The van der Waals surface area contributed by atoms with E-state index < -0.39 is 0 Å². The van der Waals surface area contributed by atoms with Crippen molar-refractivity contribution < 1.29 is 9.53 Å². The zero-order valence-corrected chi connectivity index (χ0v) is 15.6. The third-order valence-corrected chi connectivity index (χ3v) is 4.75. The van der Waals surface area contributed by atoms with Gasteiger partial charge in [0.1, 0.15) is 0 Å². The Kier molecular flexibility index (Phi) is 6.45. The van der Waals surface area contributed by atoms with Gasteiger partial charge in [0, 0.05) is 36.4 Å². The largest absolute Gasteiger partial charge is 0.379 e. The Morgan fingerprint density at radius 2 is 1.92 bits per heavy atom. The van der Waals surface area contributed by atoms with Crippen molar-refractivity contribution in [1.29, 1.82) is 0 Å². The highest BCUT2D eigenvalue weighted by Crippen LogP contribution is 2.23. The summed E-state index contributed by atoms with van der Waals surface area (Å²) in [7, 11) is 0. The van der Waals surface area contributed by atoms with Crippen molar-refractivity contribution in [3.8, 4) is 0 Å². The average molecular weight is 371 g/mol. The number of carbonyl (C=O) groups is 1. The van der Waals surface area contributed by atoms with Gasteiger partial charge in [-0.05, 0) is 35.8 Å². The van der Waals surface area contributed by atoms with Gasteiger partial charge in [0.05, 0.1) is 13.2 Å². The van der Waals surface area contributed by atoms with Crippen LogP contribution in [0.3, 0.4) is 0 Å². The maximum absolute atomic E-state index is 12.3. The van der Waals surface area contributed by atoms with Crippen molar-refractivity contribution in [2.75, 3.05) is 31.6 Å². The van der Waals surface area contributed by atoms with Gasteiger partial charge in [-0.15, -0.1) is 0 Å². The molecular formula is C21H23ClN2O2. The number of anilines is 1. The van der Waals surface area contributed by atoms with Crippen molar-refractivity contribution in [2.24, 2.45) is 0 Å². The second kappa shape index (κ2) is 8.99. The molecule has 1 heterocycles. The van der Waals surface area contributed by atoms with E-state index in [1.807, 2.05) is 49.4 Å². The lowest BCUT2D eigenvalue weighted by Gasteiger charge is -2.27. The van der Waals surface area contributed by atoms with Crippen LogP contribution in [0.15, 0.2) is 54.6 Å². The Morgan fingerprint density at radius 1 is 1.19 bits per heavy atom. The third-order valence-electron chi connectivity index (χ3n) is 4.39. The summed E-state index contributed by atoms with van der Waals surface area (Å²) in [5, 5.41) is 3.55. The number of amides is 1. The number of ether oxygens (including phenoxy) is 1. The first-order chi connectivity index (χ1) is 12.6. The molecule has 0 aromatic heterocycles. The highest BCUT2D eigenvalue weighted by Gasteiger charge is 2.13. The summed E-state index contributed by atoms with van der Waals surface area (Å²) < 4.78 is 5.37. The zero-order chi connectivity index (χ0) is 18.4. The molecule has 1 aliphatic heterocycles. The molecule has 136 valence electrons. The normalized spacial score (nSPS) is 15.7. The zero-order valence-electron chi connectivity index (χ0n) is 14.9. The lowest BCUT2D eigenvalue weighted by atomic mass is 10.1. The van der Waals surface area contributed by atoms with E-state index in [-0.39, 0.29) is 5.91 Å². The molecule has 26 heavy (non-hydrogen) atoms. The summed E-state index contributed by atoms with van der Waals surface area (Å²) >= 11 is 6.41. The fourth-order valence-electron chi connectivity index (χ4n) is 2.91. The van der Waals surface area contributed by atoms with E-state index in [1.54, 1.807) is 12.1 Å². The van der Waals surface area contributed by atoms with Gasteiger partial charge in [0.15, 0.2) is 0 Å². The fraction of sp³-hybridized carbons (Fsp3) is 0.286. The van der Waals surface area contributed by atoms with Crippen LogP contribution < -0.4 is 5.32 Å². The standard InChI is InChI=1S/C21H23ClN2O2/c1-16(17-5-3-2-4-6-17)13-21(25)23-19-8-7-18(20(22)14-19)15-24-9-11-26-12-10-24/h2-8,13-14H,9-12,15H2,1H3,(H,23,25)/b16-13+. The first-order valence-corrected chi connectivity index (χ1v) is 9.13. The summed E-state index contributed by atoms with van der Waals surface area (Å²) in [5.74, 6) is -0.164. The Hall–Kier alpha value is -2.14. The van der Waals surface area contributed by atoms with E-state index in [1.165, 1.54) is 0 Å². The van der Waals surface area contributed by atoms with Gasteiger partial charge in [0.25, 0.3) is 0 Å². The Morgan fingerprint density at radius 3 is 2.62 bits per heavy atom. The molecule has 0 spiro atoms. The van der Waals surface area contributed by atoms with Gasteiger partial charge in [-0.3, -0.25) is 9.69 Å². The van der Waals surface area contributed by atoms with Crippen LogP contribution in [0.1, 0.15) is 18.1 Å². The highest BCUT2D eigenvalue weighted by atomic mass is 35.5. The van der Waals surface area contributed by atoms with E-state index in [2.05, 4.69) is 10.2 Å². The second-order valence-corrected chi connectivity index (χ2v) is 6.78. The van der Waals surface area contributed by atoms with Gasteiger partial charge in [-0.2, -0.15) is 0 Å². The summed E-state index contributed by atoms with van der Waals surface area (Å²) in [6, 6.07) is 15.5. The Labute approximate surface area is 159 Å². The van der Waals surface area contributed by atoms with Crippen molar-refractivity contribution in [3.05, 3.63) is 70.8 Å². The van der Waals surface area contributed by atoms with Gasteiger partial charge in [0.2, 0.25) is 5.91 Å². The number of benzene rings is 2. The highest BCUT2D eigenvalue weighted by molar-refractivity contribution is 6.31. The molecule has 2 aromatic carbocycles. The van der Waals surface area contributed by atoms with E-state index in [9.17, 15) is 4.79 Å². The predicted octanol–water partition coefficient (Wildman–Crippen LogP) is 4.21. The third kappa shape index (κ3) is 5.18.